The minimum atomic E-state index is -0.368. The molecular formula is C12H16N2O3S. The van der Waals surface area contributed by atoms with Crippen LogP contribution in [0.5, 0.6) is 0 Å². The Kier molecular flexibility index (Phi) is 4.43. The monoisotopic (exact) mass is 268 g/mol. The molecule has 5 nitrogen and oxygen atoms in total. The fourth-order valence-electron chi connectivity index (χ4n) is 2.10. The van der Waals surface area contributed by atoms with Crippen LogP contribution in [0, 0.1) is 10.1 Å². The zero-order valence-corrected chi connectivity index (χ0v) is 10.9. The number of rotatable bonds is 5. The number of aliphatic hydroxyl groups is 1. The fourth-order valence-corrected chi connectivity index (χ4v) is 2.90. The maximum Gasteiger partial charge on any atom is 0.283 e. The lowest BCUT2D eigenvalue weighted by Crippen LogP contribution is -2.17. The number of hydrogen-bond acceptors (Lipinski definition) is 5. The molecule has 0 amide bonds. The van der Waals surface area contributed by atoms with Crippen LogP contribution in [0.3, 0.4) is 0 Å². The highest BCUT2D eigenvalue weighted by molar-refractivity contribution is 7.99. The first-order chi connectivity index (χ1) is 8.72. The van der Waals surface area contributed by atoms with Crippen LogP contribution in [-0.2, 0) is 0 Å². The lowest BCUT2D eigenvalue weighted by atomic mass is 10.2. The second kappa shape index (κ2) is 6.06. The minimum absolute atomic E-state index is 0.0236. The van der Waals surface area contributed by atoms with E-state index in [0.717, 1.165) is 18.8 Å². The summed E-state index contributed by atoms with van der Waals surface area (Å²) in [5.41, 5.74) is 1.16. The van der Waals surface area contributed by atoms with Gasteiger partial charge in [0.25, 0.3) is 5.69 Å². The van der Waals surface area contributed by atoms with Gasteiger partial charge in [-0.3, -0.25) is 10.1 Å². The number of anilines is 1. The van der Waals surface area contributed by atoms with Gasteiger partial charge < -0.3 is 10.0 Å². The standard InChI is InChI=1S/C12H16N2O3S/c15-7-8-18-12-9-10(13-5-1-2-6-13)3-4-11(12)14(16)17/h3-4,9,15H,1-2,5-8H2. The SMILES string of the molecule is O=[N+]([O-])c1ccc(N2CCCC2)cc1SCCO. The first-order valence-corrected chi connectivity index (χ1v) is 6.98. The Morgan fingerprint density at radius 3 is 2.72 bits per heavy atom. The summed E-state index contributed by atoms with van der Waals surface area (Å²) < 4.78 is 0. The number of nitro groups is 1. The van der Waals surface area contributed by atoms with E-state index in [1.165, 1.54) is 24.6 Å². The van der Waals surface area contributed by atoms with Gasteiger partial charge in [0.2, 0.25) is 0 Å². The number of hydrogen-bond donors (Lipinski definition) is 1. The molecule has 1 saturated heterocycles. The molecule has 0 radical (unpaired) electrons. The van der Waals surface area contributed by atoms with E-state index in [4.69, 9.17) is 5.11 Å². The topological polar surface area (TPSA) is 66.6 Å². The second-order valence-corrected chi connectivity index (χ2v) is 5.31. The lowest BCUT2D eigenvalue weighted by Gasteiger charge is -2.18. The second-order valence-electron chi connectivity index (χ2n) is 4.18. The van der Waals surface area contributed by atoms with E-state index in [-0.39, 0.29) is 17.2 Å². The molecule has 0 atom stereocenters. The van der Waals surface area contributed by atoms with E-state index in [1.54, 1.807) is 6.07 Å². The maximum absolute atomic E-state index is 10.9. The van der Waals surface area contributed by atoms with Crippen LogP contribution in [-0.4, -0.2) is 35.5 Å². The van der Waals surface area contributed by atoms with Crippen LogP contribution in [0.4, 0.5) is 11.4 Å². The van der Waals surface area contributed by atoms with Crippen molar-refractivity contribution in [1.29, 1.82) is 0 Å². The van der Waals surface area contributed by atoms with Crippen molar-refractivity contribution in [2.24, 2.45) is 0 Å². The fraction of sp³-hybridized carbons (Fsp3) is 0.500. The molecule has 1 N–H and O–H groups in total. The average Bonchev–Trinajstić information content (AvgIpc) is 2.89. The van der Waals surface area contributed by atoms with Crippen LogP contribution < -0.4 is 4.90 Å². The molecule has 1 aromatic rings. The number of thioether (sulfide) groups is 1. The first-order valence-electron chi connectivity index (χ1n) is 5.99. The van der Waals surface area contributed by atoms with Gasteiger partial charge in [-0.05, 0) is 25.0 Å². The molecule has 0 unspecified atom stereocenters. The molecule has 0 saturated carbocycles. The van der Waals surface area contributed by atoms with Crippen LogP contribution in [0.1, 0.15) is 12.8 Å². The highest BCUT2D eigenvalue weighted by atomic mass is 32.2. The third kappa shape index (κ3) is 2.94. The van der Waals surface area contributed by atoms with Gasteiger partial charge in [-0.15, -0.1) is 11.8 Å². The van der Waals surface area contributed by atoms with Gasteiger partial charge in [-0.25, -0.2) is 0 Å². The van der Waals surface area contributed by atoms with Crippen molar-refractivity contribution in [3.8, 4) is 0 Å². The average molecular weight is 268 g/mol. The largest absolute Gasteiger partial charge is 0.396 e. The summed E-state index contributed by atoms with van der Waals surface area (Å²) in [6, 6.07) is 5.24. The molecule has 0 aromatic heterocycles. The predicted octanol–water partition coefficient (Wildman–Crippen LogP) is 2.28. The number of nitro benzene ring substituents is 1. The molecule has 6 heteroatoms. The Morgan fingerprint density at radius 1 is 1.39 bits per heavy atom. The highest BCUT2D eigenvalue weighted by Crippen LogP contribution is 2.33. The van der Waals surface area contributed by atoms with Gasteiger partial charge in [0, 0.05) is 30.6 Å². The van der Waals surface area contributed by atoms with E-state index >= 15 is 0 Å². The van der Waals surface area contributed by atoms with Gasteiger partial charge in [0.1, 0.15) is 0 Å². The molecular weight excluding hydrogens is 252 g/mol. The summed E-state index contributed by atoms with van der Waals surface area (Å²) in [7, 11) is 0. The zero-order chi connectivity index (χ0) is 13.0. The van der Waals surface area contributed by atoms with Crippen molar-refractivity contribution < 1.29 is 10.0 Å². The summed E-state index contributed by atoms with van der Waals surface area (Å²) in [6.45, 7) is 2.06. The van der Waals surface area contributed by atoms with E-state index in [2.05, 4.69) is 4.90 Å². The van der Waals surface area contributed by atoms with Gasteiger partial charge in [0.05, 0.1) is 16.4 Å². The normalized spacial score (nSPS) is 15.1. The van der Waals surface area contributed by atoms with Crippen LogP contribution in [0.2, 0.25) is 0 Å². The van der Waals surface area contributed by atoms with Gasteiger partial charge >= 0.3 is 0 Å². The molecule has 0 spiro atoms. The third-order valence-corrected chi connectivity index (χ3v) is 3.98. The van der Waals surface area contributed by atoms with Crippen LogP contribution >= 0.6 is 11.8 Å². The van der Waals surface area contributed by atoms with Crippen molar-refractivity contribution in [3.05, 3.63) is 28.3 Å². The smallest absolute Gasteiger partial charge is 0.283 e. The summed E-state index contributed by atoms with van der Waals surface area (Å²) in [6.07, 6.45) is 2.35. The minimum Gasteiger partial charge on any atom is -0.396 e. The molecule has 1 aliphatic heterocycles. The van der Waals surface area contributed by atoms with Gasteiger partial charge in [-0.2, -0.15) is 0 Å². The summed E-state index contributed by atoms with van der Waals surface area (Å²) in [4.78, 5) is 13.4. The van der Waals surface area contributed by atoms with Crippen molar-refractivity contribution in [2.45, 2.75) is 17.7 Å². The summed E-state index contributed by atoms with van der Waals surface area (Å²) in [5.74, 6) is 0.476. The summed E-state index contributed by atoms with van der Waals surface area (Å²) >= 11 is 1.33. The molecule has 0 aliphatic carbocycles. The lowest BCUT2D eigenvalue weighted by molar-refractivity contribution is -0.387. The number of nitrogens with zero attached hydrogens (tertiary/aromatic N) is 2. The van der Waals surface area contributed by atoms with Crippen molar-refractivity contribution in [2.75, 3.05) is 30.3 Å². The van der Waals surface area contributed by atoms with Crippen molar-refractivity contribution in [3.63, 3.8) is 0 Å². The Bertz CT molecular complexity index is 433. The Morgan fingerprint density at radius 2 is 2.11 bits per heavy atom. The van der Waals surface area contributed by atoms with E-state index < -0.39 is 0 Å². The Balaban J connectivity index is 2.25. The zero-order valence-electron chi connectivity index (χ0n) is 10.0. The molecule has 98 valence electrons. The molecule has 1 fully saturated rings. The maximum atomic E-state index is 10.9. The Hall–Kier alpha value is -1.27. The molecule has 0 bridgehead atoms. The van der Waals surface area contributed by atoms with Crippen molar-refractivity contribution >= 4 is 23.1 Å². The van der Waals surface area contributed by atoms with Gasteiger partial charge in [-0.1, -0.05) is 0 Å². The van der Waals surface area contributed by atoms with Gasteiger partial charge in [0.15, 0.2) is 0 Å². The molecule has 2 rings (SSSR count). The molecule has 1 heterocycles. The quantitative estimate of drug-likeness (QED) is 0.504. The first kappa shape index (κ1) is 13.2. The third-order valence-electron chi connectivity index (χ3n) is 2.96. The molecule has 1 aliphatic rings. The summed E-state index contributed by atoms with van der Waals surface area (Å²) in [5, 5.41) is 19.8. The van der Waals surface area contributed by atoms with E-state index in [1.807, 2.05) is 12.1 Å². The van der Waals surface area contributed by atoms with E-state index in [0.29, 0.717) is 10.6 Å². The predicted molar refractivity (Wildman–Crippen MR) is 72.4 cm³/mol. The highest BCUT2D eigenvalue weighted by Gasteiger charge is 2.18. The molecule has 1 aromatic carbocycles. The number of benzene rings is 1. The molecule has 18 heavy (non-hydrogen) atoms. The van der Waals surface area contributed by atoms with Crippen LogP contribution in [0.15, 0.2) is 23.1 Å². The number of aliphatic hydroxyl groups excluding tert-OH is 1. The Labute approximate surface area is 110 Å². The van der Waals surface area contributed by atoms with Crippen LogP contribution in [0.25, 0.3) is 0 Å². The van der Waals surface area contributed by atoms with Crippen molar-refractivity contribution in [1.82, 2.24) is 0 Å². The van der Waals surface area contributed by atoms with E-state index in [9.17, 15) is 10.1 Å².